The van der Waals surface area contributed by atoms with Gasteiger partial charge in [-0.05, 0) is 42.2 Å². The van der Waals surface area contributed by atoms with Crippen LogP contribution in [-0.2, 0) is 16.0 Å². The third-order valence-corrected chi connectivity index (χ3v) is 4.56. The maximum atomic E-state index is 11.8. The van der Waals surface area contributed by atoms with Crippen LogP contribution in [0.3, 0.4) is 0 Å². The van der Waals surface area contributed by atoms with Crippen molar-refractivity contribution in [1.82, 2.24) is 0 Å². The van der Waals surface area contributed by atoms with Crippen molar-refractivity contribution in [1.29, 1.82) is 0 Å². The molecule has 0 bridgehead atoms. The van der Waals surface area contributed by atoms with Gasteiger partial charge in [-0.3, -0.25) is 4.79 Å². The smallest absolute Gasteiger partial charge is 0.305 e. The quantitative estimate of drug-likeness (QED) is 0.746. The molecule has 1 aromatic rings. The van der Waals surface area contributed by atoms with Crippen LogP contribution in [0.5, 0.6) is 0 Å². The van der Waals surface area contributed by atoms with Gasteiger partial charge >= 0.3 is 5.97 Å². The van der Waals surface area contributed by atoms with Crippen LogP contribution < -0.4 is 5.73 Å². The van der Waals surface area contributed by atoms with E-state index in [4.69, 9.17) is 10.5 Å². The Morgan fingerprint density at radius 1 is 1.40 bits per heavy atom. The summed E-state index contributed by atoms with van der Waals surface area (Å²) in [5.41, 5.74) is 5.84. The first-order valence-corrected chi connectivity index (χ1v) is 8.19. The predicted molar refractivity (Wildman–Crippen MR) is 84.8 cm³/mol. The van der Waals surface area contributed by atoms with E-state index in [9.17, 15) is 4.79 Å². The molecule has 4 heteroatoms. The second-order valence-electron chi connectivity index (χ2n) is 6.23. The van der Waals surface area contributed by atoms with Gasteiger partial charge in [-0.2, -0.15) is 0 Å². The van der Waals surface area contributed by atoms with E-state index in [1.54, 1.807) is 11.3 Å². The summed E-state index contributed by atoms with van der Waals surface area (Å²) in [5.74, 6) is 0.380. The first kappa shape index (κ1) is 17.2. The third kappa shape index (κ3) is 6.53. The van der Waals surface area contributed by atoms with Gasteiger partial charge in [0.05, 0.1) is 6.61 Å². The van der Waals surface area contributed by atoms with Crippen molar-refractivity contribution in [3.63, 3.8) is 0 Å². The highest BCUT2D eigenvalue weighted by atomic mass is 32.1. The minimum Gasteiger partial charge on any atom is -0.465 e. The van der Waals surface area contributed by atoms with Gasteiger partial charge in [0, 0.05) is 17.7 Å². The number of thiophene rings is 1. The van der Waals surface area contributed by atoms with E-state index >= 15 is 0 Å². The number of esters is 1. The molecule has 1 heterocycles. The fourth-order valence-corrected chi connectivity index (χ4v) is 2.99. The van der Waals surface area contributed by atoms with Crippen molar-refractivity contribution in [2.45, 2.75) is 46.5 Å². The molecule has 0 aromatic carbocycles. The molecule has 1 atom stereocenters. The molecule has 20 heavy (non-hydrogen) atoms. The minimum atomic E-state index is -0.0900. The highest BCUT2D eigenvalue weighted by Crippen LogP contribution is 2.32. The molecule has 0 aliphatic rings. The van der Waals surface area contributed by atoms with Gasteiger partial charge in [0.2, 0.25) is 0 Å². The number of carbonyl (C=O) groups excluding carboxylic acids is 1. The highest BCUT2D eigenvalue weighted by Gasteiger charge is 2.24. The SMILES string of the molecule is CC(C)(C)C(CCN)CCC(=O)OCCc1cccs1. The van der Waals surface area contributed by atoms with Crippen LogP contribution in [-0.4, -0.2) is 19.1 Å². The zero-order chi connectivity index (χ0) is 15.0. The van der Waals surface area contributed by atoms with Crippen molar-refractivity contribution >= 4 is 17.3 Å². The topological polar surface area (TPSA) is 52.3 Å². The highest BCUT2D eigenvalue weighted by molar-refractivity contribution is 7.09. The molecule has 2 N–H and O–H groups in total. The summed E-state index contributed by atoms with van der Waals surface area (Å²) in [5, 5.41) is 2.04. The lowest BCUT2D eigenvalue weighted by atomic mass is 9.76. The molecule has 0 aliphatic heterocycles. The lowest BCUT2D eigenvalue weighted by Gasteiger charge is -2.30. The normalized spacial score (nSPS) is 13.2. The molecule has 0 radical (unpaired) electrons. The van der Waals surface area contributed by atoms with Crippen LogP contribution in [0, 0.1) is 11.3 Å². The van der Waals surface area contributed by atoms with Crippen molar-refractivity contribution < 1.29 is 9.53 Å². The van der Waals surface area contributed by atoms with E-state index < -0.39 is 0 Å². The van der Waals surface area contributed by atoms with Crippen LogP contribution in [0.15, 0.2) is 17.5 Å². The monoisotopic (exact) mass is 297 g/mol. The van der Waals surface area contributed by atoms with Gasteiger partial charge in [0.1, 0.15) is 0 Å². The summed E-state index contributed by atoms with van der Waals surface area (Å²) in [6.45, 7) is 7.77. The van der Waals surface area contributed by atoms with E-state index in [2.05, 4.69) is 26.8 Å². The van der Waals surface area contributed by atoms with Crippen LogP contribution in [0.25, 0.3) is 0 Å². The Labute approximate surface area is 126 Å². The lowest BCUT2D eigenvalue weighted by Crippen LogP contribution is -2.24. The van der Waals surface area contributed by atoms with Crippen LogP contribution >= 0.6 is 11.3 Å². The molecule has 114 valence electrons. The number of ether oxygens (including phenoxy) is 1. The standard InChI is InChI=1S/C16H27NO2S/c1-16(2,3)13(8-10-17)6-7-15(18)19-11-9-14-5-4-12-20-14/h4-5,12-13H,6-11,17H2,1-3H3. The molecule has 3 nitrogen and oxygen atoms in total. The molecule has 0 fully saturated rings. The number of rotatable bonds is 8. The van der Waals surface area contributed by atoms with Gasteiger partial charge in [-0.1, -0.05) is 26.8 Å². The van der Waals surface area contributed by atoms with E-state index in [0.717, 1.165) is 19.3 Å². The molecule has 0 saturated heterocycles. The summed E-state index contributed by atoms with van der Waals surface area (Å²) in [4.78, 5) is 13.0. The zero-order valence-corrected chi connectivity index (χ0v) is 13.7. The van der Waals surface area contributed by atoms with E-state index in [-0.39, 0.29) is 11.4 Å². The fraction of sp³-hybridized carbons (Fsp3) is 0.688. The van der Waals surface area contributed by atoms with Crippen LogP contribution in [0.4, 0.5) is 0 Å². The molecule has 1 aromatic heterocycles. The molecule has 1 unspecified atom stereocenters. The minimum absolute atomic E-state index is 0.0900. The van der Waals surface area contributed by atoms with Gasteiger partial charge in [-0.25, -0.2) is 0 Å². The Kier molecular flexibility index (Phi) is 7.24. The van der Waals surface area contributed by atoms with Gasteiger partial charge in [-0.15, -0.1) is 11.3 Å². The van der Waals surface area contributed by atoms with E-state index in [1.807, 2.05) is 11.4 Å². The summed E-state index contributed by atoms with van der Waals surface area (Å²) >= 11 is 1.70. The molecule has 0 spiro atoms. The molecule has 0 aliphatic carbocycles. The number of hydrogen-bond acceptors (Lipinski definition) is 4. The zero-order valence-electron chi connectivity index (χ0n) is 12.9. The Morgan fingerprint density at radius 2 is 2.15 bits per heavy atom. The molecular weight excluding hydrogens is 270 g/mol. The van der Waals surface area contributed by atoms with Crippen molar-refractivity contribution in [3.05, 3.63) is 22.4 Å². The summed E-state index contributed by atoms with van der Waals surface area (Å²) in [6.07, 6.45) is 3.13. The second-order valence-corrected chi connectivity index (χ2v) is 7.26. The number of nitrogens with two attached hydrogens (primary N) is 1. The largest absolute Gasteiger partial charge is 0.465 e. The second kappa shape index (κ2) is 8.42. The van der Waals surface area contributed by atoms with E-state index in [0.29, 0.717) is 25.5 Å². The maximum absolute atomic E-state index is 11.8. The summed E-state index contributed by atoms with van der Waals surface area (Å²) in [7, 11) is 0. The summed E-state index contributed by atoms with van der Waals surface area (Å²) in [6, 6.07) is 4.08. The van der Waals surface area contributed by atoms with Gasteiger partial charge in [0.25, 0.3) is 0 Å². The average molecular weight is 297 g/mol. The Morgan fingerprint density at radius 3 is 2.70 bits per heavy atom. The van der Waals surface area contributed by atoms with Gasteiger partial charge in [0.15, 0.2) is 0 Å². The predicted octanol–water partition coefficient (Wildman–Crippen LogP) is 3.63. The maximum Gasteiger partial charge on any atom is 0.305 e. The Bertz CT molecular complexity index is 382. The number of carbonyl (C=O) groups is 1. The van der Waals surface area contributed by atoms with Crippen LogP contribution in [0.2, 0.25) is 0 Å². The number of hydrogen-bond donors (Lipinski definition) is 1. The van der Waals surface area contributed by atoms with E-state index in [1.165, 1.54) is 4.88 Å². The summed E-state index contributed by atoms with van der Waals surface area (Å²) < 4.78 is 5.29. The first-order chi connectivity index (χ1) is 9.43. The average Bonchev–Trinajstić information content (AvgIpc) is 2.86. The molecule has 0 amide bonds. The molecule has 1 rings (SSSR count). The van der Waals surface area contributed by atoms with Crippen LogP contribution in [0.1, 0.15) is 44.9 Å². The van der Waals surface area contributed by atoms with Crippen molar-refractivity contribution in [3.8, 4) is 0 Å². The third-order valence-electron chi connectivity index (χ3n) is 3.63. The lowest BCUT2D eigenvalue weighted by molar-refractivity contribution is -0.144. The molecule has 0 saturated carbocycles. The van der Waals surface area contributed by atoms with Crippen molar-refractivity contribution in [2.24, 2.45) is 17.1 Å². The Hall–Kier alpha value is -0.870. The molecular formula is C16H27NO2S. The Balaban J connectivity index is 2.24. The van der Waals surface area contributed by atoms with Gasteiger partial charge < -0.3 is 10.5 Å². The fourth-order valence-electron chi connectivity index (χ4n) is 2.30. The first-order valence-electron chi connectivity index (χ1n) is 7.31. The van der Waals surface area contributed by atoms with Crippen molar-refractivity contribution in [2.75, 3.05) is 13.2 Å².